The Bertz CT molecular complexity index is 377. The minimum Gasteiger partial charge on any atom is -0.384 e. The lowest BCUT2D eigenvalue weighted by atomic mass is 10.2. The zero-order chi connectivity index (χ0) is 12.1. The summed E-state index contributed by atoms with van der Waals surface area (Å²) in [7, 11) is 3.54. The molecule has 0 spiro atoms. The molecule has 0 aliphatic rings. The molecule has 3 nitrogen and oxygen atoms in total. The van der Waals surface area contributed by atoms with Crippen molar-refractivity contribution in [1.82, 2.24) is 4.90 Å². The van der Waals surface area contributed by atoms with E-state index in [2.05, 4.69) is 21.2 Å². The molecule has 0 radical (unpaired) electrons. The van der Waals surface area contributed by atoms with Crippen molar-refractivity contribution in [3.63, 3.8) is 0 Å². The van der Waals surface area contributed by atoms with E-state index in [1.165, 1.54) is 5.56 Å². The van der Waals surface area contributed by atoms with Crippen LogP contribution in [0.2, 0.25) is 0 Å². The lowest BCUT2D eigenvalue weighted by molar-refractivity contribution is -0.128. The first-order valence-electron chi connectivity index (χ1n) is 5.21. The number of aryl methyl sites for hydroxylation is 1. The fraction of sp³-hybridized carbons (Fsp3) is 0.417. The number of hydrogen-bond acceptors (Lipinski definition) is 2. The highest BCUT2D eigenvalue weighted by atomic mass is 79.9. The van der Waals surface area contributed by atoms with E-state index in [0.29, 0.717) is 13.0 Å². The molecule has 1 rings (SSSR count). The Hall–Kier alpha value is -1.03. The van der Waals surface area contributed by atoms with Crippen LogP contribution in [0, 0.1) is 6.92 Å². The van der Waals surface area contributed by atoms with E-state index in [1.807, 2.05) is 25.1 Å². The van der Waals surface area contributed by atoms with E-state index in [1.54, 1.807) is 19.0 Å². The first-order valence-corrected chi connectivity index (χ1v) is 6.00. The molecular weight excluding hydrogens is 268 g/mol. The van der Waals surface area contributed by atoms with Crippen molar-refractivity contribution in [3.05, 3.63) is 28.2 Å². The third kappa shape index (κ3) is 3.85. The van der Waals surface area contributed by atoms with Crippen LogP contribution in [0.25, 0.3) is 0 Å². The molecular formula is C12H17BrN2O. The second-order valence-corrected chi connectivity index (χ2v) is 4.78. The molecule has 0 saturated heterocycles. The number of carbonyl (C=O) groups excluding carboxylic acids is 1. The molecule has 0 atom stereocenters. The number of anilines is 1. The monoisotopic (exact) mass is 284 g/mol. The van der Waals surface area contributed by atoms with Gasteiger partial charge in [-0.1, -0.05) is 22.0 Å². The normalized spacial score (nSPS) is 10.0. The zero-order valence-electron chi connectivity index (χ0n) is 9.88. The van der Waals surface area contributed by atoms with Gasteiger partial charge in [-0.3, -0.25) is 4.79 Å². The summed E-state index contributed by atoms with van der Waals surface area (Å²) >= 11 is 3.47. The molecule has 0 saturated carbocycles. The van der Waals surface area contributed by atoms with Gasteiger partial charge in [-0.25, -0.2) is 0 Å². The van der Waals surface area contributed by atoms with Gasteiger partial charge in [0.15, 0.2) is 0 Å². The van der Waals surface area contributed by atoms with Gasteiger partial charge in [0, 0.05) is 37.2 Å². The molecule has 0 aromatic heterocycles. The highest BCUT2D eigenvalue weighted by molar-refractivity contribution is 9.10. The topological polar surface area (TPSA) is 32.3 Å². The van der Waals surface area contributed by atoms with E-state index in [-0.39, 0.29) is 5.91 Å². The molecule has 1 aromatic rings. The van der Waals surface area contributed by atoms with Crippen molar-refractivity contribution in [3.8, 4) is 0 Å². The van der Waals surface area contributed by atoms with Gasteiger partial charge >= 0.3 is 0 Å². The summed E-state index contributed by atoms with van der Waals surface area (Å²) in [6.45, 7) is 2.70. The fourth-order valence-electron chi connectivity index (χ4n) is 1.24. The van der Waals surface area contributed by atoms with Crippen LogP contribution in [0.3, 0.4) is 0 Å². The van der Waals surface area contributed by atoms with Crippen LogP contribution in [-0.4, -0.2) is 31.4 Å². The van der Waals surface area contributed by atoms with Gasteiger partial charge in [0.1, 0.15) is 0 Å². The predicted octanol–water partition coefficient (Wildman–Crippen LogP) is 2.65. The number of rotatable bonds is 4. The lowest BCUT2D eigenvalue weighted by Crippen LogP contribution is -2.23. The third-order valence-electron chi connectivity index (χ3n) is 2.34. The number of benzene rings is 1. The van der Waals surface area contributed by atoms with Crippen molar-refractivity contribution < 1.29 is 4.79 Å². The first kappa shape index (κ1) is 13.0. The van der Waals surface area contributed by atoms with E-state index in [4.69, 9.17) is 0 Å². The predicted molar refractivity (Wildman–Crippen MR) is 70.7 cm³/mol. The number of nitrogens with zero attached hydrogens (tertiary/aromatic N) is 1. The summed E-state index contributed by atoms with van der Waals surface area (Å²) < 4.78 is 1.08. The van der Waals surface area contributed by atoms with E-state index < -0.39 is 0 Å². The number of nitrogens with one attached hydrogen (secondary N) is 1. The van der Waals surface area contributed by atoms with E-state index in [0.717, 1.165) is 10.2 Å². The lowest BCUT2D eigenvalue weighted by Gasteiger charge is -2.11. The summed E-state index contributed by atoms with van der Waals surface area (Å²) in [6, 6.07) is 6.08. The molecule has 0 aliphatic heterocycles. The first-order chi connectivity index (χ1) is 7.50. The molecule has 1 amide bonds. The van der Waals surface area contributed by atoms with Gasteiger partial charge in [-0.05, 0) is 24.6 Å². The van der Waals surface area contributed by atoms with E-state index in [9.17, 15) is 4.79 Å². The smallest absolute Gasteiger partial charge is 0.223 e. The standard InChI is InChI=1S/C12H17BrN2O/c1-9-4-5-10(8-11(9)13)14-7-6-12(16)15(2)3/h4-5,8,14H,6-7H2,1-3H3. The SMILES string of the molecule is Cc1ccc(NCCC(=O)N(C)C)cc1Br. The molecule has 0 aliphatic carbocycles. The van der Waals surface area contributed by atoms with Crippen molar-refractivity contribution in [1.29, 1.82) is 0 Å². The van der Waals surface area contributed by atoms with Gasteiger partial charge in [0.2, 0.25) is 5.91 Å². The maximum Gasteiger partial charge on any atom is 0.223 e. The summed E-state index contributed by atoms with van der Waals surface area (Å²) in [6.07, 6.45) is 0.512. The quantitative estimate of drug-likeness (QED) is 0.922. The minimum absolute atomic E-state index is 0.138. The molecule has 16 heavy (non-hydrogen) atoms. The molecule has 1 aromatic carbocycles. The summed E-state index contributed by atoms with van der Waals surface area (Å²) in [5, 5.41) is 3.22. The van der Waals surface area contributed by atoms with Crippen LogP contribution in [-0.2, 0) is 4.79 Å². The molecule has 4 heteroatoms. The minimum atomic E-state index is 0.138. The Labute approximate surface area is 105 Å². The van der Waals surface area contributed by atoms with Crippen LogP contribution < -0.4 is 5.32 Å². The van der Waals surface area contributed by atoms with Gasteiger partial charge < -0.3 is 10.2 Å². The average molecular weight is 285 g/mol. The van der Waals surface area contributed by atoms with Crippen molar-refractivity contribution in [2.75, 3.05) is 26.0 Å². The highest BCUT2D eigenvalue weighted by Crippen LogP contribution is 2.20. The second-order valence-electron chi connectivity index (χ2n) is 3.93. The Morgan fingerprint density at radius 3 is 2.69 bits per heavy atom. The molecule has 0 heterocycles. The Morgan fingerprint density at radius 2 is 2.12 bits per heavy atom. The van der Waals surface area contributed by atoms with Gasteiger partial charge in [0.25, 0.3) is 0 Å². The van der Waals surface area contributed by atoms with Crippen molar-refractivity contribution in [2.24, 2.45) is 0 Å². The summed E-state index contributed by atoms with van der Waals surface area (Å²) in [4.78, 5) is 12.9. The van der Waals surface area contributed by atoms with Crippen molar-refractivity contribution >= 4 is 27.5 Å². The maximum absolute atomic E-state index is 11.3. The summed E-state index contributed by atoms with van der Waals surface area (Å²) in [5.41, 5.74) is 2.24. The second kappa shape index (κ2) is 5.89. The van der Waals surface area contributed by atoms with Crippen molar-refractivity contribution in [2.45, 2.75) is 13.3 Å². The Balaban J connectivity index is 2.43. The number of amides is 1. The largest absolute Gasteiger partial charge is 0.384 e. The van der Waals surface area contributed by atoms with Gasteiger partial charge in [-0.15, -0.1) is 0 Å². The van der Waals surface area contributed by atoms with E-state index >= 15 is 0 Å². The number of carbonyl (C=O) groups is 1. The Morgan fingerprint density at radius 1 is 1.44 bits per heavy atom. The number of hydrogen-bond donors (Lipinski definition) is 1. The van der Waals surface area contributed by atoms with Crippen LogP contribution in [0.4, 0.5) is 5.69 Å². The maximum atomic E-state index is 11.3. The van der Waals surface area contributed by atoms with Gasteiger partial charge in [0.05, 0.1) is 0 Å². The number of halogens is 1. The average Bonchev–Trinajstić information content (AvgIpc) is 2.23. The Kier molecular flexibility index (Phi) is 4.80. The van der Waals surface area contributed by atoms with Crippen LogP contribution in [0.15, 0.2) is 22.7 Å². The molecule has 0 unspecified atom stereocenters. The molecule has 1 N–H and O–H groups in total. The third-order valence-corrected chi connectivity index (χ3v) is 3.19. The van der Waals surface area contributed by atoms with Crippen LogP contribution in [0.5, 0.6) is 0 Å². The van der Waals surface area contributed by atoms with Crippen LogP contribution >= 0.6 is 15.9 Å². The fourth-order valence-corrected chi connectivity index (χ4v) is 1.62. The van der Waals surface area contributed by atoms with Gasteiger partial charge in [-0.2, -0.15) is 0 Å². The zero-order valence-corrected chi connectivity index (χ0v) is 11.5. The summed E-state index contributed by atoms with van der Waals surface area (Å²) in [5.74, 6) is 0.138. The van der Waals surface area contributed by atoms with Crippen LogP contribution in [0.1, 0.15) is 12.0 Å². The highest BCUT2D eigenvalue weighted by Gasteiger charge is 2.03. The molecule has 88 valence electrons. The molecule has 0 bridgehead atoms. The molecule has 0 fully saturated rings.